The van der Waals surface area contributed by atoms with Crippen molar-refractivity contribution in [2.45, 2.75) is 6.54 Å². The van der Waals surface area contributed by atoms with Crippen LogP contribution in [-0.2, 0) is 6.54 Å². The molecule has 3 rings (SSSR count). The molecule has 0 bridgehead atoms. The molecule has 0 saturated carbocycles. The third-order valence-electron chi connectivity index (χ3n) is 3.76. The van der Waals surface area contributed by atoms with Crippen molar-refractivity contribution in [2.75, 3.05) is 26.9 Å². The largest absolute Gasteiger partial charge is 0.870 e. The van der Waals surface area contributed by atoms with E-state index in [9.17, 15) is 9.90 Å². The smallest absolute Gasteiger partial charge is 0.294 e. The van der Waals surface area contributed by atoms with Gasteiger partial charge in [-0.05, 0) is 21.9 Å². The molecule has 2 heterocycles. The van der Waals surface area contributed by atoms with E-state index in [1.807, 2.05) is 14.1 Å². The van der Waals surface area contributed by atoms with Gasteiger partial charge in [-0.2, -0.15) is 9.78 Å². The maximum absolute atomic E-state index is 12.6. The number of amides is 1. The highest BCUT2D eigenvalue weighted by Gasteiger charge is 2.25. The number of hydrazone groups is 1. The number of anilines is 1. The van der Waals surface area contributed by atoms with Crippen LogP contribution in [-0.4, -0.2) is 58.6 Å². The summed E-state index contributed by atoms with van der Waals surface area (Å²) in [4.78, 5) is 13.6. The topological polar surface area (TPSA) is 174 Å². The van der Waals surface area contributed by atoms with Crippen LogP contribution >= 0.6 is 0 Å². The Morgan fingerprint density at radius 3 is 2.90 bits per heavy atom. The number of quaternary nitrogens is 1. The molecule has 0 saturated heterocycles. The quantitative estimate of drug-likeness (QED) is 0.291. The molecule has 4 N–H and O–H groups in total. The van der Waals surface area contributed by atoms with Crippen LogP contribution < -0.4 is 25.9 Å². The first-order valence-electron chi connectivity index (χ1n) is 8.41. The molecule has 0 aliphatic heterocycles. The van der Waals surface area contributed by atoms with Gasteiger partial charge in [0.15, 0.2) is 5.69 Å². The summed E-state index contributed by atoms with van der Waals surface area (Å²) in [6, 6.07) is 4.41. The van der Waals surface area contributed by atoms with Crippen molar-refractivity contribution >= 4 is 17.9 Å². The van der Waals surface area contributed by atoms with Crippen LogP contribution in [0, 0.1) is 0 Å². The van der Waals surface area contributed by atoms with Gasteiger partial charge in [0.25, 0.3) is 5.91 Å². The van der Waals surface area contributed by atoms with Crippen LogP contribution in [0.2, 0.25) is 0 Å². The van der Waals surface area contributed by atoms with Crippen molar-refractivity contribution in [2.24, 2.45) is 5.10 Å². The minimum atomic E-state index is -0.578. The summed E-state index contributed by atoms with van der Waals surface area (Å²) in [6.45, 7) is 0.397. The van der Waals surface area contributed by atoms with Crippen LogP contribution in [0.5, 0.6) is 11.5 Å². The van der Waals surface area contributed by atoms with E-state index in [4.69, 9.17) is 10.5 Å². The number of carbonyl (C=O) groups is 1. The zero-order valence-corrected chi connectivity index (χ0v) is 15.9. The molecule has 13 heteroatoms. The van der Waals surface area contributed by atoms with E-state index in [0.717, 1.165) is 4.90 Å². The highest BCUT2D eigenvalue weighted by atomic mass is 16.6. The second-order valence-electron chi connectivity index (χ2n) is 6.26. The zero-order valence-electron chi connectivity index (χ0n) is 15.9. The zero-order chi connectivity index (χ0) is 21.0. The number of nitrogen functional groups attached to an aromatic ring is 1. The summed E-state index contributed by atoms with van der Waals surface area (Å²) in [5, 5.41) is 30.5. The molecule has 0 unspecified atom stereocenters. The number of aromatic nitrogens is 5. The minimum absolute atomic E-state index is 0.0191. The second-order valence-corrected chi connectivity index (χ2v) is 6.26. The highest BCUT2D eigenvalue weighted by Crippen LogP contribution is 2.22. The Morgan fingerprint density at radius 2 is 2.24 bits per heavy atom. The molecule has 3 aromatic rings. The van der Waals surface area contributed by atoms with Gasteiger partial charge in [0.1, 0.15) is 18.0 Å². The summed E-state index contributed by atoms with van der Waals surface area (Å²) >= 11 is 0. The van der Waals surface area contributed by atoms with Gasteiger partial charge in [0.05, 0.1) is 27.4 Å². The van der Waals surface area contributed by atoms with Crippen molar-refractivity contribution in [1.29, 1.82) is 0 Å². The van der Waals surface area contributed by atoms with E-state index in [1.54, 1.807) is 6.07 Å². The fourth-order valence-corrected chi connectivity index (χ4v) is 2.46. The lowest BCUT2D eigenvalue weighted by Crippen LogP contribution is -3.04. The molecule has 29 heavy (non-hydrogen) atoms. The van der Waals surface area contributed by atoms with Gasteiger partial charge in [-0.3, -0.25) is 4.79 Å². The van der Waals surface area contributed by atoms with Gasteiger partial charge < -0.3 is 20.5 Å². The Kier molecular flexibility index (Phi) is 5.69. The van der Waals surface area contributed by atoms with Crippen LogP contribution in [0.25, 0.3) is 5.82 Å². The van der Waals surface area contributed by atoms with Crippen molar-refractivity contribution < 1.29 is 24.2 Å². The summed E-state index contributed by atoms with van der Waals surface area (Å²) in [6.07, 6.45) is 1.38. The highest BCUT2D eigenvalue weighted by molar-refractivity contribution is 5.94. The van der Waals surface area contributed by atoms with Gasteiger partial charge in [0, 0.05) is 0 Å². The van der Waals surface area contributed by atoms with Crippen LogP contribution in [0.1, 0.15) is 21.7 Å². The van der Waals surface area contributed by atoms with Gasteiger partial charge in [0.2, 0.25) is 11.6 Å². The third kappa shape index (κ3) is 4.30. The molecule has 152 valence electrons. The number of nitrogens with one attached hydrogen (secondary N) is 2. The standard InChI is InChI=1S/C16H19N9O4/c1-24(2)8-10-13(19-23-25(10)15-14(17)21-29-22-15)16(27)20-18-7-9-4-5-11(26)12(6-9)28-3/h4-7,26H,8H2,1-3H3,(H2,17,21)(H,20,27)/b18-7+. The molecule has 1 aromatic carbocycles. The lowest BCUT2D eigenvalue weighted by atomic mass is 10.2. The van der Waals surface area contributed by atoms with Crippen LogP contribution in [0.4, 0.5) is 5.82 Å². The molecule has 0 aliphatic rings. The maximum Gasteiger partial charge on any atom is 0.294 e. The lowest BCUT2D eigenvalue weighted by Gasteiger charge is -2.11. The first kappa shape index (κ1) is 19.8. The number of methoxy groups -OCH3 is 1. The molecule has 2 aromatic heterocycles. The molecular weight excluding hydrogens is 382 g/mol. The van der Waals surface area contributed by atoms with E-state index in [2.05, 4.69) is 35.8 Å². The average molecular weight is 401 g/mol. The number of hydrogen-bond acceptors (Lipinski definition) is 10. The predicted molar refractivity (Wildman–Crippen MR) is 97.6 cm³/mol. The predicted octanol–water partition coefficient (Wildman–Crippen LogP) is -2.28. The molecule has 13 nitrogen and oxygen atoms in total. The molecular formula is C16H19N9O4. The van der Waals surface area contributed by atoms with Crippen molar-refractivity contribution in [3.63, 3.8) is 0 Å². The Labute approximate surface area is 164 Å². The number of rotatable bonds is 7. The molecule has 0 radical (unpaired) electrons. The molecule has 0 aliphatic carbocycles. The van der Waals surface area contributed by atoms with Gasteiger partial charge >= 0.3 is 0 Å². The molecule has 0 atom stereocenters. The number of carbonyl (C=O) groups excluding carboxylic acids is 1. The Balaban J connectivity index is 1.82. The maximum atomic E-state index is 12.6. The Bertz CT molecular complexity index is 1040. The van der Waals surface area contributed by atoms with Gasteiger partial charge in [-0.15, -0.1) is 5.10 Å². The summed E-state index contributed by atoms with van der Waals surface area (Å²) in [5.74, 6) is -0.487. The summed E-state index contributed by atoms with van der Waals surface area (Å²) in [7, 11) is 5.19. The normalized spacial score (nSPS) is 11.3. The van der Waals surface area contributed by atoms with E-state index in [-0.39, 0.29) is 28.8 Å². The lowest BCUT2D eigenvalue weighted by molar-refractivity contribution is -0.873. The third-order valence-corrected chi connectivity index (χ3v) is 3.76. The first-order valence-corrected chi connectivity index (χ1v) is 8.41. The van der Waals surface area contributed by atoms with Crippen LogP contribution in [0.3, 0.4) is 0 Å². The number of nitrogens with zero attached hydrogens (tertiary/aromatic N) is 6. The number of hydrogen-bond donors (Lipinski definition) is 3. The first-order chi connectivity index (χ1) is 13.9. The van der Waals surface area contributed by atoms with Crippen molar-refractivity contribution in [3.05, 3.63) is 35.2 Å². The summed E-state index contributed by atoms with van der Waals surface area (Å²) < 4.78 is 10.9. The van der Waals surface area contributed by atoms with Crippen LogP contribution in [0.15, 0.2) is 27.9 Å². The van der Waals surface area contributed by atoms with E-state index < -0.39 is 5.91 Å². The number of ether oxygens (including phenoxy) is 1. The average Bonchev–Trinajstić information content (AvgIpc) is 3.28. The Hall–Kier alpha value is -4.00. The molecule has 0 fully saturated rings. The van der Waals surface area contributed by atoms with Crippen molar-refractivity contribution in [3.8, 4) is 17.3 Å². The molecule has 1 amide bonds. The minimum Gasteiger partial charge on any atom is -0.870 e. The van der Waals surface area contributed by atoms with Crippen molar-refractivity contribution in [1.82, 2.24) is 30.7 Å². The van der Waals surface area contributed by atoms with E-state index in [0.29, 0.717) is 17.8 Å². The number of benzene rings is 1. The van der Waals surface area contributed by atoms with E-state index >= 15 is 0 Å². The van der Waals surface area contributed by atoms with Gasteiger partial charge in [-0.25, -0.2) is 10.1 Å². The summed E-state index contributed by atoms with van der Waals surface area (Å²) in [5.41, 5.74) is 9.18. The monoisotopic (exact) mass is 401 g/mol. The van der Waals surface area contributed by atoms with E-state index in [1.165, 1.54) is 30.1 Å². The second kappa shape index (κ2) is 8.35. The fraction of sp³-hybridized carbons (Fsp3) is 0.250. The SMILES string of the molecule is COc1cc(/C=N/NC(=O)c2nnn(-c3nonc3N)c2C[NH+](C)C)ccc1[O-]. The Morgan fingerprint density at radius 1 is 1.45 bits per heavy atom. The molecule has 0 spiro atoms. The fourth-order valence-electron chi connectivity index (χ4n) is 2.46. The number of nitrogens with two attached hydrogens (primary N) is 1. The van der Waals surface area contributed by atoms with Gasteiger partial charge in [-0.1, -0.05) is 23.1 Å².